The van der Waals surface area contributed by atoms with Crippen molar-refractivity contribution >= 4 is 33.9 Å². The average molecular weight is 357 g/mol. The van der Waals surface area contributed by atoms with Crippen LogP contribution < -0.4 is 5.32 Å². The molecule has 1 aromatic heterocycles. The molecule has 0 aliphatic carbocycles. The zero-order chi connectivity index (χ0) is 12.4. The quantitative estimate of drug-likeness (QED) is 0.792. The van der Waals surface area contributed by atoms with Crippen molar-refractivity contribution in [3.05, 3.63) is 44.3 Å². The highest BCUT2D eigenvalue weighted by Gasteiger charge is 2.09. The average Bonchev–Trinajstić information content (AvgIpc) is 2.80. The van der Waals surface area contributed by atoms with Gasteiger partial charge in [-0.2, -0.15) is 0 Å². The molecule has 0 aliphatic heterocycles. The normalized spacial score (nSPS) is 12.7. The third-order valence-electron chi connectivity index (χ3n) is 2.95. The van der Waals surface area contributed by atoms with E-state index in [9.17, 15) is 0 Å². The predicted octanol–water partition coefficient (Wildman–Crippen LogP) is 4.61. The molecule has 2 aromatic rings. The van der Waals surface area contributed by atoms with E-state index >= 15 is 0 Å². The van der Waals surface area contributed by atoms with Gasteiger partial charge in [-0.05, 0) is 78.9 Å². The van der Waals surface area contributed by atoms with Crippen LogP contribution in [0.1, 0.15) is 23.4 Å². The van der Waals surface area contributed by atoms with Crippen LogP contribution in [0.2, 0.25) is 0 Å². The molecule has 0 radical (unpaired) electrons. The molecule has 1 unspecified atom stereocenters. The van der Waals surface area contributed by atoms with Crippen molar-refractivity contribution in [2.45, 2.75) is 19.9 Å². The summed E-state index contributed by atoms with van der Waals surface area (Å²) in [6, 6.07) is 11.5. The summed E-state index contributed by atoms with van der Waals surface area (Å²) in [6.45, 7) is 4.36. The van der Waals surface area contributed by atoms with Crippen LogP contribution in [0.4, 0.5) is 0 Å². The molecule has 90 valence electrons. The Kier molecular flexibility index (Phi) is 4.22. The number of benzene rings is 1. The highest BCUT2D eigenvalue weighted by Crippen LogP contribution is 2.33. The van der Waals surface area contributed by atoms with Gasteiger partial charge in [0.2, 0.25) is 0 Å². The minimum Gasteiger partial charge on any atom is -0.313 e. The van der Waals surface area contributed by atoms with Crippen LogP contribution in [-0.2, 0) is 0 Å². The number of nitrogens with one attached hydrogen (secondary N) is 1. The molecule has 1 aromatic carbocycles. The molecule has 1 atom stereocenters. The summed E-state index contributed by atoms with van der Waals surface area (Å²) in [4.78, 5) is 2.75. The molecule has 17 heavy (non-hydrogen) atoms. The summed E-state index contributed by atoms with van der Waals surface area (Å²) in [5, 5.41) is 3.28. The van der Waals surface area contributed by atoms with E-state index in [-0.39, 0.29) is 0 Å². The highest BCUT2D eigenvalue weighted by atomic mass is 127. The first-order chi connectivity index (χ1) is 8.11. The van der Waals surface area contributed by atoms with Crippen LogP contribution in [-0.4, -0.2) is 7.05 Å². The van der Waals surface area contributed by atoms with Gasteiger partial charge in [-0.25, -0.2) is 0 Å². The van der Waals surface area contributed by atoms with Gasteiger partial charge in [0.1, 0.15) is 0 Å². The zero-order valence-electron chi connectivity index (χ0n) is 10.3. The Labute approximate surface area is 120 Å². The molecule has 0 amide bonds. The lowest BCUT2D eigenvalue weighted by Crippen LogP contribution is -2.10. The van der Waals surface area contributed by atoms with E-state index in [1.54, 1.807) is 0 Å². The van der Waals surface area contributed by atoms with Crippen molar-refractivity contribution in [1.29, 1.82) is 0 Å². The van der Waals surface area contributed by atoms with Crippen LogP contribution in [0, 0.1) is 10.5 Å². The third-order valence-corrected chi connectivity index (χ3v) is 4.92. The van der Waals surface area contributed by atoms with Crippen molar-refractivity contribution in [2.75, 3.05) is 7.05 Å². The molecular weight excluding hydrogens is 341 g/mol. The second-order valence-corrected chi connectivity index (χ2v) is 6.53. The monoisotopic (exact) mass is 357 g/mol. The number of halogens is 1. The van der Waals surface area contributed by atoms with Gasteiger partial charge in [0, 0.05) is 19.4 Å². The number of rotatable bonds is 3. The molecule has 0 aliphatic rings. The topological polar surface area (TPSA) is 12.0 Å². The minimum absolute atomic E-state index is 0.428. The fourth-order valence-electron chi connectivity index (χ4n) is 1.73. The summed E-state index contributed by atoms with van der Waals surface area (Å²) < 4.78 is 1.29. The van der Waals surface area contributed by atoms with Gasteiger partial charge in [-0.15, -0.1) is 11.3 Å². The molecule has 3 heteroatoms. The summed E-state index contributed by atoms with van der Waals surface area (Å²) >= 11 is 4.24. The van der Waals surface area contributed by atoms with E-state index in [4.69, 9.17) is 0 Å². The number of aryl methyl sites for hydroxylation is 1. The maximum absolute atomic E-state index is 3.28. The molecule has 1 nitrogen and oxygen atoms in total. The molecule has 2 rings (SSSR count). The Balaban J connectivity index is 2.40. The molecule has 0 saturated heterocycles. The molecule has 1 heterocycles. The smallest absolute Gasteiger partial charge is 0.0383 e. The van der Waals surface area contributed by atoms with Crippen molar-refractivity contribution in [1.82, 2.24) is 5.32 Å². The first-order valence-electron chi connectivity index (χ1n) is 5.65. The summed E-state index contributed by atoms with van der Waals surface area (Å²) in [5.41, 5.74) is 2.70. The minimum atomic E-state index is 0.428. The van der Waals surface area contributed by atoms with E-state index in [0.29, 0.717) is 6.04 Å². The Morgan fingerprint density at radius 3 is 2.71 bits per heavy atom. The van der Waals surface area contributed by atoms with Gasteiger partial charge < -0.3 is 5.32 Å². The van der Waals surface area contributed by atoms with Gasteiger partial charge in [0.25, 0.3) is 0 Å². The summed E-state index contributed by atoms with van der Waals surface area (Å²) in [7, 11) is 2.00. The van der Waals surface area contributed by atoms with E-state index in [1.807, 2.05) is 18.4 Å². The van der Waals surface area contributed by atoms with Crippen LogP contribution >= 0.6 is 33.9 Å². The molecular formula is C14H16INS. The van der Waals surface area contributed by atoms with Crippen LogP contribution in [0.25, 0.3) is 10.4 Å². The van der Waals surface area contributed by atoms with Gasteiger partial charge in [0.15, 0.2) is 0 Å². The Bertz CT molecular complexity index is 519. The Morgan fingerprint density at radius 1 is 1.24 bits per heavy atom. The van der Waals surface area contributed by atoms with Gasteiger partial charge in [0.05, 0.1) is 0 Å². The lowest BCUT2D eigenvalue weighted by atomic mass is 10.1. The molecule has 1 N–H and O–H groups in total. The highest BCUT2D eigenvalue weighted by molar-refractivity contribution is 14.1. The third kappa shape index (κ3) is 2.89. The maximum atomic E-state index is 3.28. The van der Waals surface area contributed by atoms with Gasteiger partial charge in [-0.1, -0.05) is 6.07 Å². The second-order valence-electron chi connectivity index (χ2n) is 4.17. The van der Waals surface area contributed by atoms with Crippen molar-refractivity contribution in [3.8, 4) is 10.4 Å². The number of thiophene rings is 1. The van der Waals surface area contributed by atoms with Gasteiger partial charge in [-0.3, -0.25) is 0 Å². The molecule has 0 fully saturated rings. The van der Waals surface area contributed by atoms with Crippen molar-refractivity contribution < 1.29 is 0 Å². The predicted molar refractivity (Wildman–Crippen MR) is 84.7 cm³/mol. The summed E-state index contributed by atoms with van der Waals surface area (Å²) in [6.07, 6.45) is 0. The van der Waals surface area contributed by atoms with E-state index in [0.717, 1.165) is 0 Å². The number of hydrogen-bond acceptors (Lipinski definition) is 2. The fourth-order valence-corrected chi connectivity index (χ4v) is 3.37. The second kappa shape index (κ2) is 5.50. The summed E-state index contributed by atoms with van der Waals surface area (Å²) in [5.74, 6) is 0. The van der Waals surface area contributed by atoms with E-state index in [1.165, 1.54) is 24.5 Å². The van der Waals surface area contributed by atoms with E-state index < -0.39 is 0 Å². The molecule has 0 bridgehead atoms. The lowest BCUT2D eigenvalue weighted by Gasteiger charge is -2.07. The maximum Gasteiger partial charge on any atom is 0.0383 e. The first-order valence-corrected chi connectivity index (χ1v) is 7.55. The first kappa shape index (κ1) is 13.1. The standard InChI is InChI=1S/C14H16INS/c1-9-4-5-11(15)8-12(9)14-7-6-13(17-14)10(2)16-3/h4-8,10,16H,1-3H3. The van der Waals surface area contributed by atoms with Crippen LogP contribution in [0.5, 0.6) is 0 Å². The fraction of sp³-hybridized carbons (Fsp3) is 0.286. The van der Waals surface area contributed by atoms with Gasteiger partial charge >= 0.3 is 0 Å². The van der Waals surface area contributed by atoms with E-state index in [2.05, 4.69) is 72.1 Å². The Hall–Kier alpha value is -0.390. The van der Waals surface area contributed by atoms with Crippen LogP contribution in [0.15, 0.2) is 30.3 Å². The largest absolute Gasteiger partial charge is 0.313 e. The molecule has 0 spiro atoms. The van der Waals surface area contributed by atoms with Crippen molar-refractivity contribution in [2.24, 2.45) is 0 Å². The van der Waals surface area contributed by atoms with Crippen LogP contribution in [0.3, 0.4) is 0 Å². The zero-order valence-corrected chi connectivity index (χ0v) is 13.2. The lowest BCUT2D eigenvalue weighted by molar-refractivity contribution is 0.664. The Morgan fingerprint density at radius 2 is 2.00 bits per heavy atom. The molecule has 0 saturated carbocycles. The van der Waals surface area contributed by atoms with Crippen molar-refractivity contribution in [3.63, 3.8) is 0 Å². The SMILES string of the molecule is CNC(C)c1ccc(-c2cc(I)ccc2C)s1. The number of hydrogen-bond donors (Lipinski definition) is 1.